The number of halogens is 1. The monoisotopic (exact) mass is 337 g/mol. The van der Waals surface area contributed by atoms with Crippen molar-refractivity contribution in [3.8, 4) is 11.5 Å². The van der Waals surface area contributed by atoms with Crippen LogP contribution >= 0.6 is 11.6 Å². The molecular weight excluding hydrogens is 314 g/mol. The van der Waals surface area contributed by atoms with Gasteiger partial charge in [0.05, 0.1) is 5.02 Å². The Morgan fingerprint density at radius 3 is 2.87 bits per heavy atom. The number of ether oxygens (including phenoxy) is 2. The normalized spacial score (nSPS) is 17.0. The molecule has 5 nitrogen and oxygen atoms in total. The predicted octanol–water partition coefficient (Wildman–Crippen LogP) is 2.62. The molecule has 0 saturated heterocycles. The number of rotatable bonds is 6. The lowest BCUT2D eigenvalue weighted by molar-refractivity contribution is 0.171. The summed E-state index contributed by atoms with van der Waals surface area (Å²) >= 11 is 6.27. The second kappa shape index (κ2) is 7.77. The van der Waals surface area contributed by atoms with Crippen LogP contribution in [0.2, 0.25) is 5.02 Å². The first kappa shape index (κ1) is 16.2. The molecule has 3 rings (SSSR count). The van der Waals surface area contributed by atoms with E-state index in [4.69, 9.17) is 21.1 Å². The molecule has 1 fully saturated rings. The summed E-state index contributed by atoms with van der Waals surface area (Å²) in [4.78, 5) is 4.62. The Balaban J connectivity index is 1.54. The minimum atomic E-state index is 0.553. The number of hydrogen-bond donors (Lipinski definition) is 2. The molecule has 6 heteroatoms. The number of aliphatic imine (C=N–C) groups is 1. The largest absolute Gasteiger partial charge is 0.486 e. The summed E-state index contributed by atoms with van der Waals surface area (Å²) in [6.45, 7) is 5.79. The van der Waals surface area contributed by atoms with Gasteiger partial charge in [0.1, 0.15) is 13.2 Å². The van der Waals surface area contributed by atoms with Crippen LogP contribution in [-0.4, -0.2) is 38.8 Å². The van der Waals surface area contributed by atoms with Gasteiger partial charge in [-0.25, -0.2) is 0 Å². The Hall–Kier alpha value is -1.62. The minimum Gasteiger partial charge on any atom is -0.486 e. The molecule has 126 valence electrons. The van der Waals surface area contributed by atoms with E-state index in [1.807, 2.05) is 12.1 Å². The smallest absolute Gasteiger partial charge is 0.191 e. The Morgan fingerprint density at radius 2 is 2.09 bits per heavy atom. The third-order valence-corrected chi connectivity index (χ3v) is 4.19. The summed E-state index contributed by atoms with van der Waals surface area (Å²) in [5.74, 6) is 3.09. The highest BCUT2D eigenvalue weighted by atomic mass is 35.5. The maximum absolute atomic E-state index is 6.27. The highest BCUT2D eigenvalue weighted by Crippen LogP contribution is 2.38. The van der Waals surface area contributed by atoms with Gasteiger partial charge in [-0.3, -0.25) is 4.99 Å². The number of nitrogens with zero attached hydrogens (tertiary/aromatic N) is 1. The van der Waals surface area contributed by atoms with E-state index in [0.717, 1.165) is 49.2 Å². The highest BCUT2D eigenvalue weighted by molar-refractivity contribution is 6.32. The van der Waals surface area contributed by atoms with Gasteiger partial charge in [0.25, 0.3) is 0 Å². The van der Waals surface area contributed by atoms with Crippen LogP contribution in [0.4, 0.5) is 0 Å². The van der Waals surface area contributed by atoms with Gasteiger partial charge in [0, 0.05) is 19.6 Å². The fraction of sp³-hybridized carbons (Fsp3) is 0.588. The van der Waals surface area contributed by atoms with Gasteiger partial charge in [-0.2, -0.15) is 0 Å². The summed E-state index contributed by atoms with van der Waals surface area (Å²) in [6, 6.07) is 3.96. The van der Waals surface area contributed by atoms with Crippen molar-refractivity contribution in [2.45, 2.75) is 26.2 Å². The van der Waals surface area contributed by atoms with E-state index in [-0.39, 0.29) is 0 Å². The van der Waals surface area contributed by atoms with Crippen molar-refractivity contribution in [2.24, 2.45) is 10.9 Å². The Labute approximate surface area is 142 Å². The summed E-state index contributed by atoms with van der Waals surface area (Å²) in [5.41, 5.74) is 1.13. The Kier molecular flexibility index (Phi) is 5.49. The van der Waals surface area contributed by atoms with Crippen LogP contribution in [0.15, 0.2) is 17.1 Å². The zero-order chi connectivity index (χ0) is 16.1. The fourth-order valence-corrected chi connectivity index (χ4v) is 2.78. The summed E-state index contributed by atoms with van der Waals surface area (Å²) in [7, 11) is 0. The number of benzene rings is 1. The second-order valence-electron chi connectivity index (χ2n) is 5.94. The van der Waals surface area contributed by atoms with Crippen LogP contribution in [0.5, 0.6) is 11.5 Å². The van der Waals surface area contributed by atoms with Crippen molar-refractivity contribution in [3.05, 3.63) is 22.7 Å². The number of fused-ring (bicyclic) bond motifs is 1. The summed E-state index contributed by atoms with van der Waals surface area (Å²) in [6.07, 6.45) is 3.49. The average molecular weight is 338 g/mol. The lowest BCUT2D eigenvalue weighted by atomic mass is 10.1. The van der Waals surface area contributed by atoms with E-state index in [1.165, 1.54) is 12.8 Å². The van der Waals surface area contributed by atoms with E-state index in [2.05, 4.69) is 22.5 Å². The average Bonchev–Trinajstić information content (AvgIpc) is 3.37. The molecule has 1 aromatic carbocycles. The van der Waals surface area contributed by atoms with Crippen LogP contribution in [0.25, 0.3) is 0 Å². The van der Waals surface area contributed by atoms with Crippen molar-refractivity contribution >= 4 is 17.6 Å². The maximum Gasteiger partial charge on any atom is 0.191 e. The van der Waals surface area contributed by atoms with Crippen molar-refractivity contribution in [1.82, 2.24) is 10.6 Å². The van der Waals surface area contributed by atoms with E-state index in [9.17, 15) is 0 Å². The van der Waals surface area contributed by atoms with Crippen LogP contribution in [0.3, 0.4) is 0 Å². The zero-order valence-corrected chi connectivity index (χ0v) is 14.3. The predicted molar refractivity (Wildman–Crippen MR) is 92.9 cm³/mol. The minimum absolute atomic E-state index is 0.553. The van der Waals surface area contributed by atoms with Crippen molar-refractivity contribution in [3.63, 3.8) is 0 Å². The molecule has 1 aliphatic heterocycles. The van der Waals surface area contributed by atoms with Crippen molar-refractivity contribution in [1.29, 1.82) is 0 Å². The lowest BCUT2D eigenvalue weighted by Crippen LogP contribution is -2.38. The van der Waals surface area contributed by atoms with Gasteiger partial charge in [-0.05, 0) is 49.8 Å². The van der Waals surface area contributed by atoms with E-state index >= 15 is 0 Å². The molecule has 1 aromatic rings. The van der Waals surface area contributed by atoms with Gasteiger partial charge in [0.15, 0.2) is 17.5 Å². The number of nitrogens with one attached hydrogen (secondary N) is 2. The SMILES string of the molecule is CCNC(=NCC1CC1)NCCc1cc(Cl)c2c(c1)OCCO2. The van der Waals surface area contributed by atoms with Gasteiger partial charge in [-0.15, -0.1) is 0 Å². The molecule has 1 saturated carbocycles. The van der Waals surface area contributed by atoms with Gasteiger partial charge < -0.3 is 20.1 Å². The topological polar surface area (TPSA) is 54.9 Å². The second-order valence-corrected chi connectivity index (χ2v) is 6.35. The summed E-state index contributed by atoms with van der Waals surface area (Å²) in [5, 5.41) is 7.27. The first-order valence-electron chi connectivity index (χ1n) is 8.36. The van der Waals surface area contributed by atoms with Gasteiger partial charge in [-0.1, -0.05) is 11.6 Å². The molecule has 0 radical (unpaired) electrons. The molecule has 1 heterocycles. The lowest BCUT2D eigenvalue weighted by Gasteiger charge is -2.20. The molecule has 0 bridgehead atoms. The van der Waals surface area contributed by atoms with Crippen LogP contribution in [0.1, 0.15) is 25.3 Å². The molecule has 0 spiro atoms. The zero-order valence-electron chi connectivity index (χ0n) is 13.5. The summed E-state index contributed by atoms with van der Waals surface area (Å²) < 4.78 is 11.2. The third kappa shape index (κ3) is 4.67. The van der Waals surface area contributed by atoms with E-state index < -0.39 is 0 Å². The highest BCUT2D eigenvalue weighted by Gasteiger charge is 2.20. The number of hydrogen-bond acceptors (Lipinski definition) is 3. The van der Waals surface area contributed by atoms with Gasteiger partial charge >= 0.3 is 0 Å². The molecule has 0 unspecified atom stereocenters. The molecule has 1 aliphatic carbocycles. The molecule has 0 atom stereocenters. The van der Waals surface area contributed by atoms with Crippen LogP contribution in [0, 0.1) is 5.92 Å². The van der Waals surface area contributed by atoms with E-state index in [1.54, 1.807) is 0 Å². The molecule has 0 aromatic heterocycles. The number of guanidine groups is 1. The Morgan fingerprint density at radius 1 is 1.26 bits per heavy atom. The molecule has 2 N–H and O–H groups in total. The third-order valence-electron chi connectivity index (χ3n) is 3.91. The fourth-order valence-electron chi connectivity index (χ4n) is 2.50. The van der Waals surface area contributed by atoms with Crippen LogP contribution < -0.4 is 20.1 Å². The van der Waals surface area contributed by atoms with Gasteiger partial charge in [0.2, 0.25) is 0 Å². The quantitative estimate of drug-likeness (QED) is 0.619. The van der Waals surface area contributed by atoms with Crippen LogP contribution in [-0.2, 0) is 6.42 Å². The molecule has 23 heavy (non-hydrogen) atoms. The maximum atomic E-state index is 6.27. The van der Waals surface area contributed by atoms with E-state index in [0.29, 0.717) is 24.0 Å². The standard InChI is InChI=1S/C17H24ClN3O2/c1-2-19-17(21-11-12-3-4-12)20-6-5-13-9-14(18)16-15(10-13)22-7-8-23-16/h9-10,12H,2-8,11H2,1H3,(H2,19,20,21). The first-order valence-corrected chi connectivity index (χ1v) is 8.74. The molecule has 2 aliphatic rings. The Bertz CT molecular complexity index is 573. The molecule has 0 amide bonds. The van der Waals surface area contributed by atoms with Crippen molar-refractivity contribution in [2.75, 3.05) is 32.8 Å². The van der Waals surface area contributed by atoms with Crippen molar-refractivity contribution < 1.29 is 9.47 Å². The first-order chi connectivity index (χ1) is 11.3. The molecular formula is C17H24ClN3O2.